The molecule has 0 spiro atoms. The zero-order valence-corrected chi connectivity index (χ0v) is 18.0. The van der Waals surface area contributed by atoms with Gasteiger partial charge in [0.2, 0.25) is 0 Å². The summed E-state index contributed by atoms with van der Waals surface area (Å²) in [5.74, 6) is 0.0398. The first-order valence-corrected chi connectivity index (χ1v) is 11.0. The van der Waals surface area contributed by atoms with Crippen LogP contribution >= 0.6 is 0 Å². The van der Waals surface area contributed by atoms with Crippen LogP contribution in [0.5, 0.6) is 0 Å². The molecule has 30 heavy (non-hydrogen) atoms. The number of nitrogens with zero attached hydrogens (tertiary/aromatic N) is 2. The van der Waals surface area contributed by atoms with Crippen molar-refractivity contribution in [3.63, 3.8) is 0 Å². The molecule has 0 atom stereocenters. The van der Waals surface area contributed by atoms with E-state index in [2.05, 4.69) is 5.16 Å². The predicted octanol–water partition coefficient (Wildman–Crippen LogP) is 4.11. The zero-order valence-electron chi connectivity index (χ0n) is 17.2. The van der Waals surface area contributed by atoms with Crippen molar-refractivity contribution < 1.29 is 22.5 Å². The smallest absolute Gasteiger partial charge is 0.307 e. The highest BCUT2D eigenvalue weighted by Gasteiger charge is 2.28. The molecule has 0 N–H and O–H groups in total. The number of anilines is 1. The summed E-state index contributed by atoms with van der Waals surface area (Å²) < 4.78 is 38.8. The molecule has 0 saturated carbocycles. The number of ether oxygens (including phenoxy) is 1. The largest absolute Gasteiger partial charge is 0.466 e. The highest BCUT2D eigenvalue weighted by molar-refractivity contribution is 7.92. The van der Waals surface area contributed by atoms with Gasteiger partial charge in [0.05, 0.1) is 29.3 Å². The maximum Gasteiger partial charge on any atom is 0.307 e. The van der Waals surface area contributed by atoms with Gasteiger partial charge in [-0.2, -0.15) is 0 Å². The highest BCUT2D eigenvalue weighted by atomic mass is 32.2. The molecule has 0 bridgehead atoms. The standard InChI is InChI=1S/C22H24N2O5S/c1-4-28-22(25)12-13-24(19-8-6-5-7-9-19)30(26,27)21-15-18(11-10-16(21)2)20-14-17(3)23-29-20/h5-11,14-15H,4,12-13H2,1-3H3. The van der Waals surface area contributed by atoms with E-state index in [1.54, 1.807) is 75.4 Å². The SMILES string of the molecule is CCOC(=O)CCN(c1ccccc1)S(=O)(=O)c1cc(-c2cc(C)no2)ccc1C. The summed E-state index contributed by atoms with van der Waals surface area (Å²) in [6, 6.07) is 15.5. The first kappa shape index (κ1) is 21.6. The molecule has 3 rings (SSSR count). The molecule has 2 aromatic carbocycles. The number of rotatable bonds is 8. The molecule has 0 saturated heterocycles. The second kappa shape index (κ2) is 9.13. The molecule has 7 nitrogen and oxygen atoms in total. The summed E-state index contributed by atoms with van der Waals surface area (Å²) in [5, 5.41) is 3.87. The van der Waals surface area contributed by atoms with Crippen molar-refractivity contribution in [2.24, 2.45) is 0 Å². The van der Waals surface area contributed by atoms with Crippen LogP contribution in [-0.2, 0) is 19.6 Å². The van der Waals surface area contributed by atoms with Gasteiger partial charge in [0.15, 0.2) is 5.76 Å². The van der Waals surface area contributed by atoms with Gasteiger partial charge >= 0.3 is 5.97 Å². The van der Waals surface area contributed by atoms with Crippen LogP contribution in [0.25, 0.3) is 11.3 Å². The lowest BCUT2D eigenvalue weighted by Crippen LogP contribution is -2.33. The van der Waals surface area contributed by atoms with Gasteiger partial charge in [-0.05, 0) is 44.5 Å². The topological polar surface area (TPSA) is 89.7 Å². The number of benzene rings is 2. The van der Waals surface area contributed by atoms with E-state index in [1.165, 1.54) is 4.31 Å². The lowest BCUT2D eigenvalue weighted by atomic mass is 10.1. The average Bonchev–Trinajstić information content (AvgIpc) is 3.15. The van der Waals surface area contributed by atoms with Crippen molar-refractivity contribution in [2.45, 2.75) is 32.1 Å². The van der Waals surface area contributed by atoms with Crippen LogP contribution < -0.4 is 4.31 Å². The van der Waals surface area contributed by atoms with Crippen molar-refractivity contribution in [1.29, 1.82) is 0 Å². The zero-order chi connectivity index (χ0) is 21.7. The summed E-state index contributed by atoms with van der Waals surface area (Å²) in [4.78, 5) is 12.0. The number of para-hydroxylation sites is 1. The van der Waals surface area contributed by atoms with Gasteiger partial charge in [-0.1, -0.05) is 35.5 Å². The van der Waals surface area contributed by atoms with Crippen LogP contribution in [0, 0.1) is 13.8 Å². The fourth-order valence-corrected chi connectivity index (χ4v) is 4.78. The summed E-state index contributed by atoms with van der Waals surface area (Å²) in [6.45, 7) is 5.46. The van der Waals surface area contributed by atoms with Gasteiger partial charge in [-0.3, -0.25) is 9.10 Å². The van der Waals surface area contributed by atoms with Gasteiger partial charge in [0, 0.05) is 18.2 Å². The molecule has 0 radical (unpaired) electrons. The van der Waals surface area contributed by atoms with Crippen molar-refractivity contribution in [2.75, 3.05) is 17.5 Å². The third-order valence-corrected chi connectivity index (χ3v) is 6.51. The van der Waals surface area contributed by atoms with Crippen molar-refractivity contribution in [3.8, 4) is 11.3 Å². The van der Waals surface area contributed by atoms with Crippen LogP contribution in [0.2, 0.25) is 0 Å². The van der Waals surface area contributed by atoms with E-state index >= 15 is 0 Å². The molecular formula is C22H24N2O5S. The van der Waals surface area contributed by atoms with E-state index in [0.717, 1.165) is 0 Å². The monoisotopic (exact) mass is 428 g/mol. The minimum Gasteiger partial charge on any atom is -0.466 e. The van der Waals surface area contributed by atoms with Crippen molar-refractivity contribution >= 4 is 21.7 Å². The van der Waals surface area contributed by atoms with Gasteiger partial charge in [-0.15, -0.1) is 0 Å². The van der Waals surface area contributed by atoms with Crippen LogP contribution in [0.4, 0.5) is 5.69 Å². The van der Waals surface area contributed by atoms with Crippen molar-refractivity contribution in [1.82, 2.24) is 5.16 Å². The summed E-state index contributed by atoms with van der Waals surface area (Å²) in [6.07, 6.45) is -0.0536. The van der Waals surface area contributed by atoms with E-state index in [0.29, 0.717) is 28.3 Å². The van der Waals surface area contributed by atoms with E-state index in [9.17, 15) is 13.2 Å². The Balaban J connectivity index is 2.03. The predicted molar refractivity (Wildman–Crippen MR) is 114 cm³/mol. The van der Waals surface area contributed by atoms with E-state index in [4.69, 9.17) is 9.26 Å². The number of aromatic nitrogens is 1. The Morgan fingerprint density at radius 2 is 1.83 bits per heavy atom. The summed E-state index contributed by atoms with van der Waals surface area (Å²) >= 11 is 0. The van der Waals surface area contributed by atoms with Crippen LogP contribution in [0.1, 0.15) is 24.6 Å². The number of hydrogen-bond donors (Lipinski definition) is 0. The molecule has 158 valence electrons. The molecule has 8 heteroatoms. The Bertz CT molecular complexity index is 1120. The Morgan fingerprint density at radius 1 is 1.10 bits per heavy atom. The third kappa shape index (κ3) is 4.71. The maximum absolute atomic E-state index is 13.6. The Kier molecular flexibility index (Phi) is 6.56. The number of carbonyl (C=O) groups excluding carboxylic acids is 1. The van der Waals surface area contributed by atoms with Gasteiger partial charge in [0.25, 0.3) is 10.0 Å². The Hall–Kier alpha value is -3.13. The summed E-state index contributed by atoms with van der Waals surface area (Å²) in [7, 11) is -3.96. The molecule has 1 aromatic heterocycles. The Morgan fingerprint density at radius 3 is 2.47 bits per heavy atom. The second-order valence-corrected chi connectivity index (χ2v) is 8.61. The number of carbonyl (C=O) groups is 1. The first-order chi connectivity index (χ1) is 14.3. The van der Waals surface area contributed by atoms with Gasteiger partial charge < -0.3 is 9.26 Å². The molecule has 0 aliphatic heterocycles. The molecule has 1 heterocycles. The number of aryl methyl sites for hydroxylation is 2. The number of hydrogen-bond acceptors (Lipinski definition) is 6. The normalized spacial score (nSPS) is 11.3. The fraction of sp³-hybridized carbons (Fsp3) is 0.273. The summed E-state index contributed by atoms with van der Waals surface area (Å²) in [5.41, 5.74) is 2.38. The molecule has 3 aromatic rings. The number of sulfonamides is 1. The molecule has 0 unspecified atom stereocenters. The van der Waals surface area contributed by atoms with E-state index in [-0.39, 0.29) is 24.5 Å². The second-order valence-electron chi connectivity index (χ2n) is 6.78. The van der Waals surface area contributed by atoms with Gasteiger partial charge in [0.1, 0.15) is 0 Å². The molecule has 0 amide bonds. The Labute approximate surface area is 176 Å². The molecule has 0 fully saturated rings. The van der Waals surface area contributed by atoms with Crippen molar-refractivity contribution in [3.05, 3.63) is 65.9 Å². The molecule has 0 aliphatic carbocycles. The van der Waals surface area contributed by atoms with Gasteiger partial charge in [-0.25, -0.2) is 8.42 Å². The minimum absolute atomic E-state index is 0.0315. The van der Waals surface area contributed by atoms with Crippen LogP contribution in [-0.4, -0.2) is 32.7 Å². The quantitative estimate of drug-likeness (QED) is 0.502. The number of esters is 1. The first-order valence-electron chi connectivity index (χ1n) is 9.60. The fourth-order valence-electron chi connectivity index (χ4n) is 3.06. The van der Waals surface area contributed by atoms with Crippen LogP contribution in [0.3, 0.4) is 0 Å². The van der Waals surface area contributed by atoms with Crippen LogP contribution in [0.15, 0.2) is 64.0 Å². The lowest BCUT2D eigenvalue weighted by Gasteiger charge is -2.25. The average molecular weight is 429 g/mol. The van der Waals surface area contributed by atoms with E-state index in [1.807, 2.05) is 0 Å². The molecule has 0 aliphatic rings. The third-order valence-electron chi connectivity index (χ3n) is 4.54. The van der Waals surface area contributed by atoms with E-state index < -0.39 is 16.0 Å². The maximum atomic E-state index is 13.6. The highest BCUT2D eigenvalue weighted by Crippen LogP contribution is 2.30. The molecular weight excluding hydrogens is 404 g/mol. The lowest BCUT2D eigenvalue weighted by molar-refractivity contribution is -0.142. The minimum atomic E-state index is -3.96.